The summed E-state index contributed by atoms with van der Waals surface area (Å²) in [6.07, 6.45) is 3.64. The summed E-state index contributed by atoms with van der Waals surface area (Å²) < 4.78 is 10.8. The van der Waals surface area contributed by atoms with Gasteiger partial charge in [-0.25, -0.2) is 0 Å². The van der Waals surface area contributed by atoms with Gasteiger partial charge in [0.25, 0.3) is 0 Å². The predicted octanol–water partition coefficient (Wildman–Crippen LogP) is 2.34. The second-order valence-corrected chi connectivity index (χ2v) is 7.25. The van der Waals surface area contributed by atoms with Crippen LogP contribution in [-0.4, -0.2) is 61.6 Å². The molecule has 1 unspecified atom stereocenters. The molecule has 0 spiro atoms. The molecule has 2 rings (SSSR count). The number of nitrogens with zero attached hydrogens (tertiary/aromatic N) is 1. The standard InChI is InChI=1S/C22H33N3O5/c1-3-5-13-29-18-9-7-17(8-10-18)24-16-20(26)25-12-11-23-22(28)19(25)15-21(27)30-14-6-4-2/h7-10,19,24H,3-6,11-16H2,1-2H3,(H,23,28). The Morgan fingerprint density at radius 3 is 2.53 bits per heavy atom. The molecule has 1 fully saturated rings. The van der Waals surface area contributed by atoms with Crippen molar-refractivity contribution in [3.63, 3.8) is 0 Å². The Morgan fingerprint density at radius 1 is 1.13 bits per heavy atom. The molecule has 1 aliphatic rings. The first-order valence-corrected chi connectivity index (χ1v) is 10.7. The maximum absolute atomic E-state index is 12.7. The molecule has 1 aromatic rings. The minimum Gasteiger partial charge on any atom is -0.494 e. The number of hydrogen-bond acceptors (Lipinski definition) is 6. The monoisotopic (exact) mass is 419 g/mol. The van der Waals surface area contributed by atoms with Crippen LogP contribution in [0.3, 0.4) is 0 Å². The lowest BCUT2D eigenvalue weighted by Crippen LogP contribution is -2.58. The number of benzene rings is 1. The van der Waals surface area contributed by atoms with Crippen LogP contribution in [0.2, 0.25) is 0 Å². The fraction of sp³-hybridized carbons (Fsp3) is 0.591. The van der Waals surface area contributed by atoms with Crippen LogP contribution in [0.15, 0.2) is 24.3 Å². The molecule has 2 N–H and O–H groups in total. The van der Waals surface area contributed by atoms with E-state index >= 15 is 0 Å². The summed E-state index contributed by atoms with van der Waals surface area (Å²) in [5.41, 5.74) is 0.781. The lowest BCUT2D eigenvalue weighted by molar-refractivity contribution is -0.151. The number of nitrogens with one attached hydrogen (secondary N) is 2. The molecule has 1 saturated heterocycles. The van der Waals surface area contributed by atoms with Crippen LogP contribution in [0, 0.1) is 0 Å². The fourth-order valence-electron chi connectivity index (χ4n) is 3.05. The van der Waals surface area contributed by atoms with Gasteiger partial charge in [0.15, 0.2) is 0 Å². The smallest absolute Gasteiger partial charge is 0.308 e. The Bertz CT molecular complexity index is 693. The van der Waals surface area contributed by atoms with E-state index in [2.05, 4.69) is 17.6 Å². The van der Waals surface area contributed by atoms with Gasteiger partial charge in [0.2, 0.25) is 11.8 Å². The van der Waals surface area contributed by atoms with Crippen molar-refractivity contribution in [1.29, 1.82) is 0 Å². The van der Waals surface area contributed by atoms with Crippen molar-refractivity contribution in [2.24, 2.45) is 0 Å². The van der Waals surface area contributed by atoms with E-state index in [0.717, 1.165) is 37.1 Å². The van der Waals surface area contributed by atoms with Crippen LogP contribution in [0.4, 0.5) is 5.69 Å². The molecular formula is C22H33N3O5. The van der Waals surface area contributed by atoms with E-state index in [-0.39, 0.29) is 24.8 Å². The maximum Gasteiger partial charge on any atom is 0.308 e. The number of hydrogen-bond donors (Lipinski definition) is 2. The average Bonchev–Trinajstić information content (AvgIpc) is 2.75. The molecule has 2 amide bonds. The van der Waals surface area contributed by atoms with Gasteiger partial charge in [-0.2, -0.15) is 0 Å². The first-order valence-electron chi connectivity index (χ1n) is 10.7. The van der Waals surface area contributed by atoms with E-state index < -0.39 is 12.0 Å². The maximum atomic E-state index is 12.7. The molecule has 0 radical (unpaired) electrons. The number of rotatable bonds is 12. The number of carbonyl (C=O) groups is 3. The second-order valence-electron chi connectivity index (χ2n) is 7.25. The van der Waals surface area contributed by atoms with E-state index in [1.165, 1.54) is 4.90 Å². The average molecular weight is 420 g/mol. The zero-order valence-electron chi connectivity index (χ0n) is 17.9. The summed E-state index contributed by atoms with van der Waals surface area (Å²) in [5.74, 6) is -0.236. The highest BCUT2D eigenvalue weighted by molar-refractivity contribution is 5.93. The van der Waals surface area contributed by atoms with E-state index in [9.17, 15) is 14.4 Å². The van der Waals surface area contributed by atoms with E-state index in [0.29, 0.717) is 26.3 Å². The van der Waals surface area contributed by atoms with Gasteiger partial charge in [0, 0.05) is 18.8 Å². The Morgan fingerprint density at radius 2 is 1.83 bits per heavy atom. The molecule has 1 atom stereocenters. The summed E-state index contributed by atoms with van der Waals surface area (Å²) >= 11 is 0. The van der Waals surface area contributed by atoms with Crippen LogP contribution in [0.25, 0.3) is 0 Å². The van der Waals surface area contributed by atoms with Gasteiger partial charge >= 0.3 is 5.97 Å². The van der Waals surface area contributed by atoms with E-state index in [4.69, 9.17) is 9.47 Å². The fourth-order valence-corrected chi connectivity index (χ4v) is 3.05. The number of anilines is 1. The summed E-state index contributed by atoms with van der Waals surface area (Å²) in [6, 6.07) is 6.56. The van der Waals surface area contributed by atoms with Gasteiger partial charge in [-0.1, -0.05) is 26.7 Å². The number of carbonyl (C=O) groups excluding carboxylic acids is 3. The third-order valence-electron chi connectivity index (χ3n) is 4.84. The van der Waals surface area contributed by atoms with Crippen molar-refractivity contribution in [3.8, 4) is 5.75 Å². The minimum absolute atomic E-state index is 0.0324. The lowest BCUT2D eigenvalue weighted by atomic mass is 10.1. The van der Waals surface area contributed by atoms with Crippen molar-refractivity contribution in [2.45, 2.75) is 52.0 Å². The molecule has 1 aliphatic heterocycles. The summed E-state index contributed by atoms with van der Waals surface area (Å²) in [7, 11) is 0. The third kappa shape index (κ3) is 7.57. The van der Waals surface area contributed by atoms with Gasteiger partial charge in [-0.15, -0.1) is 0 Å². The number of esters is 1. The Kier molecular flexibility index (Phi) is 9.97. The number of amides is 2. The third-order valence-corrected chi connectivity index (χ3v) is 4.84. The van der Waals surface area contributed by atoms with Crippen molar-refractivity contribution in [2.75, 3.05) is 38.2 Å². The van der Waals surface area contributed by atoms with Crippen LogP contribution in [-0.2, 0) is 19.1 Å². The Labute approximate surface area is 178 Å². The number of ether oxygens (including phenoxy) is 2. The topological polar surface area (TPSA) is 97.0 Å². The molecule has 1 aromatic carbocycles. The zero-order chi connectivity index (χ0) is 21.8. The van der Waals surface area contributed by atoms with Crippen molar-refractivity contribution in [1.82, 2.24) is 10.2 Å². The van der Waals surface area contributed by atoms with Crippen LogP contribution < -0.4 is 15.4 Å². The van der Waals surface area contributed by atoms with Gasteiger partial charge in [-0.3, -0.25) is 14.4 Å². The SMILES string of the molecule is CCCCOC(=O)CC1C(=O)NCCN1C(=O)CNc1ccc(OCCCC)cc1. The number of unbranched alkanes of at least 4 members (excludes halogenated alkanes) is 2. The van der Waals surface area contributed by atoms with Gasteiger partial charge in [-0.05, 0) is 37.1 Å². The van der Waals surface area contributed by atoms with Crippen LogP contribution in [0.1, 0.15) is 46.0 Å². The molecule has 0 bridgehead atoms. The molecule has 1 heterocycles. The van der Waals surface area contributed by atoms with Crippen molar-refractivity contribution >= 4 is 23.5 Å². The van der Waals surface area contributed by atoms with Gasteiger partial charge in [0.05, 0.1) is 26.2 Å². The Hall–Kier alpha value is -2.77. The molecule has 166 valence electrons. The molecule has 8 heteroatoms. The number of piperazine rings is 1. The summed E-state index contributed by atoms with van der Waals surface area (Å²) in [5, 5.41) is 5.79. The lowest BCUT2D eigenvalue weighted by Gasteiger charge is -2.34. The molecule has 0 saturated carbocycles. The molecule has 8 nitrogen and oxygen atoms in total. The highest BCUT2D eigenvalue weighted by Gasteiger charge is 2.34. The molecule has 0 aliphatic carbocycles. The van der Waals surface area contributed by atoms with E-state index in [1.807, 2.05) is 31.2 Å². The van der Waals surface area contributed by atoms with Crippen LogP contribution in [0.5, 0.6) is 5.75 Å². The highest BCUT2D eigenvalue weighted by Crippen LogP contribution is 2.17. The molecular weight excluding hydrogens is 386 g/mol. The minimum atomic E-state index is -0.837. The molecule has 30 heavy (non-hydrogen) atoms. The Balaban J connectivity index is 1.87. The largest absolute Gasteiger partial charge is 0.494 e. The zero-order valence-corrected chi connectivity index (χ0v) is 17.9. The highest BCUT2D eigenvalue weighted by atomic mass is 16.5. The quantitative estimate of drug-likeness (QED) is 0.399. The summed E-state index contributed by atoms with van der Waals surface area (Å²) in [6.45, 7) is 5.89. The first kappa shape index (κ1) is 23.5. The summed E-state index contributed by atoms with van der Waals surface area (Å²) in [4.78, 5) is 38.5. The normalized spacial score (nSPS) is 16.0. The van der Waals surface area contributed by atoms with Gasteiger partial charge < -0.3 is 25.0 Å². The predicted molar refractivity (Wildman–Crippen MR) is 114 cm³/mol. The van der Waals surface area contributed by atoms with E-state index in [1.54, 1.807) is 0 Å². The van der Waals surface area contributed by atoms with Crippen molar-refractivity contribution in [3.05, 3.63) is 24.3 Å². The first-order chi connectivity index (χ1) is 14.5. The molecule has 0 aromatic heterocycles. The second kappa shape index (κ2) is 12.7. The van der Waals surface area contributed by atoms with Crippen LogP contribution >= 0.6 is 0 Å². The van der Waals surface area contributed by atoms with Gasteiger partial charge in [0.1, 0.15) is 11.8 Å². The van der Waals surface area contributed by atoms with Crippen molar-refractivity contribution < 1.29 is 23.9 Å².